The Kier molecular flexibility index (Phi) is 3.99. The molecule has 1 aromatic heterocycles. The van der Waals surface area contributed by atoms with Gasteiger partial charge in [0.15, 0.2) is 0 Å². The van der Waals surface area contributed by atoms with Crippen LogP contribution in [0.15, 0.2) is 12.3 Å². The van der Waals surface area contributed by atoms with Crippen LogP contribution in [0.25, 0.3) is 0 Å². The Morgan fingerprint density at radius 1 is 1.58 bits per heavy atom. The van der Waals surface area contributed by atoms with Gasteiger partial charge in [0, 0.05) is 18.7 Å². The minimum atomic E-state index is -0.400. The minimum Gasteiger partial charge on any atom is -0.372 e. The Hall–Kier alpha value is -1.69. The summed E-state index contributed by atoms with van der Waals surface area (Å²) in [7, 11) is 0. The molecule has 1 aliphatic heterocycles. The maximum atomic E-state index is 10.8. The molecule has 2 rings (SSSR count). The van der Waals surface area contributed by atoms with Gasteiger partial charge in [-0.05, 0) is 26.3 Å². The molecule has 2 unspecified atom stereocenters. The fraction of sp³-hybridized carbons (Fsp3) is 0.615. The second kappa shape index (κ2) is 5.52. The van der Waals surface area contributed by atoms with Crippen LogP contribution in [0.1, 0.15) is 25.8 Å². The van der Waals surface area contributed by atoms with Crippen molar-refractivity contribution in [2.45, 2.75) is 39.4 Å². The number of anilines is 1. The van der Waals surface area contributed by atoms with E-state index in [0.717, 1.165) is 25.3 Å². The SMILES string of the molecule is CCC1CN(c2cc(C)c([N+](=O)[O-])cn2)CC(C)O1. The number of hydrogen-bond acceptors (Lipinski definition) is 5. The molecular weight excluding hydrogens is 246 g/mol. The third kappa shape index (κ3) is 3.01. The Labute approximate surface area is 112 Å². The quantitative estimate of drug-likeness (QED) is 0.619. The second-order valence-electron chi connectivity index (χ2n) is 4.97. The van der Waals surface area contributed by atoms with E-state index in [2.05, 4.69) is 16.8 Å². The van der Waals surface area contributed by atoms with Crippen LogP contribution in [-0.2, 0) is 4.74 Å². The predicted molar refractivity (Wildman–Crippen MR) is 72.5 cm³/mol. The summed E-state index contributed by atoms with van der Waals surface area (Å²) >= 11 is 0. The van der Waals surface area contributed by atoms with Crippen LogP contribution in [0.4, 0.5) is 11.5 Å². The van der Waals surface area contributed by atoms with Gasteiger partial charge in [0.1, 0.15) is 12.0 Å². The van der Waals surface area contributed by atoms with E-state index in [1.54, 1.807) is 13.0 Å². The first-order valence-electron chi connectivity index (χ1n) is 6.52. The van der Waals surface area contributed by atoms with Gasteiger partial charge in [-0.1, -0.05) is 6.92 Å². The van der Waals surface area contributed by atoms with Crippen LogP contribution in [0.2, 0.25) is 0 Å². The lowest BCUT2D eigenvalue weighted by molar-refractivity contribution is -0.385. The molecule has 0 aromatic carbocycles. The number of nitro groups is 1. The second-order valence-corrected chi connectivity index (χ2v) is 4.97. The number of morpholine rings is 1. The Morgan fingerprint density at radius 2 is 2.32 bits per heavy atom. The van der Waals surface area contributed by atoms with E-state index < -0.39 is 4.92 Å². The van der Waals surface area contributed by atoms with Gasteiger partial charge in [0.2, 0.25) is 0 Å². The fourth-order valence-electron chi connectivity index (χ4n) is 2.36. The van der Waals surface area contributed by atoms with Crippen LogP contribution in [0, 0.1) is 17.0 Å². The molecule has 0 aliphatic carbocycles. The molecule has 0 bridgehead atoms. The highest BCUT2D eigenvalue weighted by molar-refractivity contribution is 5.49. The number of pyridine rings is 1. The first-order chi connectivity index (χ1) is 9.01. The average Bonchev–Trinajstić information content (AvgIpc) is 2.37. The molecule has 2 atom stereocenters. The van der Waals surface area contributed by atoms with E-state index in [1.165, 1.54) is 6.20 Å². The molecule has 1 aromatic rings. The summed E-state index contributed by atoms with van der Waals surface area (Å²) in [6.07, 6.45) is 2.63. The molecule has 0 N–H and O–H groups in total. The number of nitrogens with zero attached hydrogens (tertiary/aromatic N) is 3. The van der Waals surface area contributed by atoms with Crippen LogP contribution < -0.4 is 4.90 Å². The van der Waals surface area contributed by atoms with Gasteiger partial charge in [-0.15, -0.1) is 0 Å². The average molecular weight is 265 g/mol. The summed E-state index contributed by atoms with van der Waals surface area (Å²) in [4.78, 5) is 16.7. The molecule has 6 heteroatoms. The number of ether oxygens (including phenoxy) is 1. The van der Waals surface area contributed by atoms with Crippen molar-refractivity contribution in [2.75, 3.05) is 18.0 Å². The summed E-state index contributed by atoms with van der Waals surface area (Å²) in [5.41, 5.74) is 0.708. The smallest absolute Gasteiger partial charge is 0.290 e. The summed E-state index contributed by atoms with van der Waals surface area (Å²) in [6, 6.07) is 1.78. The van der Waals surface area contributed by atoms with Crippen molar-refractivity contribution >= 4 is 11.5 Å². The lowest BCUT2D eigenvalue weighted by Crippen LogP contribution is -2.46. The van der Waals surface area contributed by atoms with Crippen molar-refractivity contribution in [2.24, 2.45) is 0 Å². The van der Waals surface area contributed by atoms with Crippen molar-refractivity contribution in [3.63, 3.8) is 0 Å². The van der Waals surface area contributed by atoms with Gasteiger partial charge in [-0.3, -0.25) is 10.1 Å². The van der Waals surface area contributed by atoms with Gasteiger partial charge in [-0.25, -0.2) is 4.98 Å². The van der Waals surface area contributed by atoms with Crippen LogP contribution in [0.3, 0.4) is 0 Å². The lowest BCUT2D eigenvalue weighted by Gasteiger charge is -2.37. The fourth-order valence-corrected chi connectivity index (χ4v) is 2.36. The molecule has 1 saturated heterocycles. The first-order valence-corrected chi connectivity index (χ1v) is 6.52. The molecule has 0 amide bonds. The van der Waals surface area contributed by atoms with Crippen LogP contribution in [0.5, 0.6) is 0 Å². The van der Waals surface area contributed by atoms with E-state index in [4.69, 9.17) is 4.74 Å². The summed E-state index contributed by atoms with van der Waals surface area (Å²) in [5, 5.41) is 10.8. The number of aryl methyl sites for hydroxylation is 1. The van der Waals surface area contributed by atoms with E-state index >= 15 is 0 Å². The van der Waals surface area contributed by atoms with Crippen molar-refractivity contribution in [3.05, 3.63) is 27.9 Å². The maximum Gasteiger partial charge on any atom is 0.290 e. The highest BCUT2D eigenvalue weighted by atomic mass is 16.6. The van der Waals surface area contributed by atoms with E-state index in [1.807, 2.05) is 6.92 Å². The van der Waals surface area contributed by atoms with E-state index in [9.17, 15) is 10.1 Å². The maximum absolute atomic E-state index is 10.8. The zero-order valence-corrected chi connectivity index (χ0v) is 11.5. The normalized spacial score (nSPS) is 23.4. The molecule has 1 fully saturated rings. The highest BCUT2D eigenvalue weighted by Crippen LogP contribution is 2.24. The molecule has 2 heterocycles. The lowest BCUT2D eigenvalue weighted by atomic mass is 10.1. The van der Waals surface area contributed by atoms with Crippen LogP contribution >= 0.6 is 0 Å². The van der Waals surface area contributed by atoms with E-state index in [0.29, 0.717) is 5.56 Å². The molecule has 0 saturated carbocycles. The zero-order chi connectivity index (χ0) is 14.0. The molecule has 19 heavy (non-hydrogen) atoms. The minimum absolute atomic E-state index is 0.0668. The molecule has 0 spiro atoms. The van der Waals surface area contributed by atoms with Crippen molar-refractivity contribution in [3.8, 4) is 0 Å². The van der Waals surface area contributed by atoms with Crippen molar-refractivity contribution in [1.82, 2.24) is 4.98 Å². The van der Waals surface area contributed by atoms with Gasteiger partial charge < -0.3 is 9.64 Å². The molecule has 104 valence electrons. The molecule has 6 nitrogen and oxygen atoms in total. The molecule has 0 radical (unpaired) electrons. The van der Waals surface area contributed by atoms with Gasteiger partial charge in [0.05, 0.1) is 17.1 Å². The summed E-state index contributed by atoms with van der Waals surface area (Å²) < 4.78 is 5.80. The number of rotatable bonds is 3. The van der Waals surface area contributed by atoms with Gasteiger partial charge in [0.25, 0.3) is 5.69 Å². The van der Waals surface area contributed by atoms with Gasteiger partial charge in [-0.2, -0.15) is 0 Å². The third-order valence-electron chi connectivity index (χ3n) is 3.37. The zero-order valence-electron chi connectivity index (χ0n) is 11.5. The Balaban J connectivity index is 2.21. The Morgan fingerprint density at radius 3 is 2.89 bits per heavy atom. The molecule has 1 aliphatic rings. The number of hydrogen-bond donors (Lipinski definition) is 0. The standard InChI is InChI=1S/C13H19N3O3/c1-4-11-8-15(7-10(3)19-11)13-5-9(2)12(6-14-13)16(17)18/h5-6,10-11H,4,7-8H2,1-3H3. The topological polar surface area (TPSA) is 68.5 Å². The van der Waals surface area contributed by atoms with Crippen molar-refractivity contribution < 1.29 is 9.66 Å². The summed E-state index contributed by atoms with van der Waals surface area (Å²) in [5.74, 6) is 0.789. The van der Waals surface area contributed by atoms with E-state index in [-0.39, 0.29) is 17.9 Å². The number of aromatic nitrogens is 1. The van der Waals surface area contributed by atoms with Crippen molar-refractivity contribution in [1.29, 1.82) is 0 Å². The van der Waals surface area contributed by atoms with Crippen LogP contribution in [-0.4, -0.2) is 35.2 Å². The summed E-state index contributed by atoms with van der Waals surface area (Å²) in [6.45, 7) is 7.42. The largest absolute Gasteiger partial charge is 0.372 e. The monoisotopic (exact) mass is 265 g/mol. The van der Waals surface area contributed by atoms with Gasteiger partial charge >= 0.3 is 0 Å². The highest BCUT2D eigenvalue weighted by Gasteiger charge is 2.25. The predicted octanol–water partition coefficient (Wildman–Crippen LogP) is 2.30. The first kappa shape index (κ1) is 13.7. The third-order valence-corrected chi connectivity index (χ3v) is 3.37. The molecular formula is C13H19N3O3. The Bertz CT molecular complexity index is 478.